The van der Waals surface area contributed by atoms with E-state index in [2.05, 4.69) is 74.4 Å². The maximum Gasteiger partial charge on any atom is 0.0230 e. The first-order valence-electron chi connectivity index (χ1n) is 5.96. The summed E-state index contributed by atoms with van der Waals surface area (Å²) in [7, 11) is 4.21. The Balaban J connectivity index is 2.37. The Hall–Kier alpha value is -1.60. The van der Waals surface area contributed by atoms with Gasteiger partial charge in [0.1, 0.15) is 0 Å². The topological polar surface area (TPSA) is 3.24 Å². The first kappa shape index (κ1) is 11.9. The Morgan fingerprint density at radius 1 is 0.882 bits per heavy atom. The van der Waals surface area contributed by atoms with Crippen molar-refractivity contribution in [1.29, 1.82) is 0 Å². The average Bonchev–Trinajstić information content (AvgIpc) is 2.32. The van der Waals surface area contributed by atoms with Crippen LogP contribution in [0.15, 0.2) is 48.5 Å². The van der Waals surface area contributed by atoms with Crippen LogP contribution in [-0.4, -0.2) is 19.0 Å². The Kier molecular flexibility index (Phi) is 3.60. The van der Waals surface area contributed by atoms with E-state index in [0.29, 0.717) is 0 Å². The second-order valence-electron chi connectivity index (χ2n) is 4.75. The average molecular weight is 225 g/mol. The first-order valence-corrected chi connectivity index (χ1v) is 5.96. The highest BCUT2D eigenvalue weighted by atomic mass is 15.0. The molecule has 0 fully saturated rings. The van der Waals surface area contributed by atoms with Crippen molar-refractivity contribution in [3.8, 4) is 11.1 Å². The van der Waals surface area contributed by atoms with Crippen LogP contribution in [0.4, 0.5) is 0 Å². The number of nitrogens with zero attached hydrogens (tertiary/aromatic N) is 1. The van der Waals surface area contributed by atoms with Crippen LogP contribution in [0.1, 0.15) is 11.1 Å². The number of hydrogen-bond donors (Lipinski definition) is 0. The van der Waals surface area contributed by atoms with Gasteiger partial charge in [-0.15, -0.1) is 0 Å². The minimum absolute atomic E-state index is 0.993. The van der Waals surface area contributed by atoms with Gasteiger partial charge in [-0.3, -0.25) is 0 Å². The van der Waals surface area contributed by atoms with Crippen molar-refractivity contribution in [3.63, 3.8) is 0 Å². The third kappa shape index (κ3) is 2.95. The number of benzene rings is 2. The molecule has 0 atom stereocenters. The molecule has 0 saturated carbocycles. The lowest BCUT2D eigenvalue weighted by Gasteiger charge is -2.13. The lowest BCUT2D eigenvalue weighted by atomic mass is 9.99. The predicted octanol–water partition coefficient (Wildman–Crippen LogP) is 3.72. The molecule has 0 spiro atoms. The van der Waals surface area contributed by atoms with E-state index in [1.165, 1.54) is 22.3 Å². The fourth-order valence-electron chi connectivity index (χ4n) is 1.99. The largest absolute Gasteiger partial charge is 0.305 e. The number of rotatable bonds is 3. The van der Waals surface area contributed by atoms with Crippen molar-refractivity contribution in [2.75, 3.05) is 14.1 Å². The molecule has 17 heavy (non-hydrogen) atoms. The van der Waals surface area contributed by atoms with Crippen molar-refractivity contribution >= 4 is 0 Å². The summed E-state index contributed by atoms with van der Waals surface area (Å²) in [4.78, 5) is 2.21. The molecule has 0 aromatic heterocycles. The van der Waals surface area contributed by atoms with Gasteiger partial charge in [0.2, 0.25) is 0 Å². The van der Waals surface area contributed by atoms with Crippen LogP contribution in [0.25, 0.3) is 11.1 Å². The highest BCUT2D eigenvalue weighted by Crippen LogP contribution is 2.22. The molecule has 2 aromatic carbocycles. The summed E-state index contributed by atoms with van der Waals surface area (Å²) in [5, 5.41) is 0. The molecule has 0 saturated heterocycles. The zero-order valence-electron chi connectivity index (χ0n) is 10.8. The second-order valence-corrected chi connectivity index (χ2v) is 4.75. The van der Waals surface area contributed by atoms with Crippen molar-refractivity contribution in [2.45, 2.75) is 13.5 Å². The molecular formula is C16H19N. The SMILES string of the molecule is Cc1ccc(-c2ccccc2)cc1CN(C)C. The summed E-state index contributed by atoms with van der Waals surface area (Å²) in [5.41, 5.74) is 5.34. The summed E-state index contributed by atoms with van der Waals surface area (Å²) in [6, 6.07) is 17.2. The van der Waals surface area contributed by atoms with Crippen LogP contribution in [-0.2, 0) is 6.54 Å². The first-order chi connectivity index (χ1) is 8.16. The van der Waals surface area contributed by atoms with Crippen molar-refractivity contribution < 1.29 is 0 Å². The maximum absolute atomic E-state index is 2.30. The second kappa shape index (κ2) is 5.15. The quantitative estimate of drug-likeness (QED) is 0.769. The van der Waals surface area contributed by atoms with Gasteiger partial charge in [-0.05, 0) is 49.3 Å². The molecule has 0 heterocycles. The summed E-state index contributed by atoms with van der Waals surface area (Å²) >= 11 is 0. The van der Waals surface area contributed by atoms with Gasteiger partial charge in [0, 0.05) is 6.54 Å². The van der Waals surface area contributed by atoms with Crippen molar-refractivity contribution in [1.82, 2.24) is 4.90 Å². The molecule has 0 radical (unpaired) electrons. The molecule has 2 rings (SSSR count). The van der Waals surface area contributed by atoms with E-state index < -0.39 is 0 Å². The van der Waals surface area contributed by atoms with Crippen LogP contribution in [0.3, 0.4) is 0 Å². The van der Waals surface area contributed by atoms with Gasteiger partial charge in [0.15, 0.2) is 0 Å². The zero-order valence-corrected chi connectivity index (χ0v) is 10.8. The van der Waals surface area contributed by atoms with Crippen LogP contribution in [0, 0.1) is 6.92 Å². The molecular weight excluding hydrogens is 206 g/mol. The van der Waals surface area contributed by atoms with E-state index in [1.54, 1.807) is 0 Å². The third-order valence-electron chi connectivity index (χ3n) is 2.94. The molecule has 88 valence electrons. The highest BCUT2D eigenvalue weighted by molar-refractivity contribution is 5.64. The molecule has 0 amide bonds. The molecule has 1 heteroatoms. The van der Waals surface area contributed by atoms with Gasteiger partial charge in [0.05, 0.1) is 0 Å². The minimum atomic E-state index is 0.993. The normalized spacial score (nSPS) is 10.8. The van der Waals surface area contributed by atoms with Crippen LogP contribution >= 0.6 is 0 Å². The van der Waals surface area contributed by atoms with Crippen molar-refractivity contribution in [2.24, 2.45) is 0 Å². The number of hydrogen-bond acceptors (Lipinski definition) is 1. The fourth-order valence-corrected chi connectivity index (χ4v) is 1.99. The fraction of sp³-hybridized carbons (Fsp3) is 0.250. The molecule has 0 aliphatic heterocycles. The van der Waals surface area contributed by atoms with Gasteiger partial charge in [0.25, 0.3) is 0 Å². The highest BCUT2D eigenvalue weighted by Gasteiger charge is 2.03. The molecule has 0 unspecified atom stereocenters. The van der Waals surface area contributed by atoms with E-state index in [9.17, 15) is 0 Å². The Morgan fingerprint density at radius 3 is 2.24 bits per heavy atom. The van der Waals surface area contributed by atoms with Crippen molar-refractivity contribution in [3.05, 3.63) is 59.7 Å². The Bertz CT molecular complexity index is 486. The van der Waals surface area contributed by atoms with E-state index >= 15 is 0 Å². The molecule has 1 nitrogen and oxygen atoms in total. The van der Waals surface area contributed by atoms with E-state index in [0.717, 1.165) is 6.54 Å². The lowest BCUT2D eigenvalue weighted by molar-refractivity contribution is 0.401. The lowest BCUT2D eigenvalue weighted by Crippen LogP contribution is -2.11. The Morgan fingerprint density at radius 2 is 1.59 bits per heavy atom. The molecule has 0 N–H and O–H groups in total. The van der Waals surface area contributed by atoms with E-state index in [-0.39, 0.29) is 0 Å². The van der Waals surface area contributed by atoms with Crippen LogP contribution in [0.2, 0.25) is 0 Å². The molecule has 0 aliphatic rings. The maximum atomic E-state index is 2.30. The van der Waals surface area contributed by atoms with Gasteiger partial charge in [-0.25, -0.2) is 0 Å². The van der Waals surface area contributed by atoms with Gasteiger partial charge < -0.3 is 4.90 Å². The minimum Gasteiger partial charge on any atom is -0.305 e. The molecule has 0 aliphatic carbocycles. The third-order valence-corrected chi connectivity index (χ3v) is 2.94. The Labute approximate surface area is 104 Å². The zero-order chi connectivity index (χ0) is 12.3. The summed E-state index contributed by atoms with van der Waals surface area (Å²) in [5.74, 6) is 0. The van der Waals surface area contributed by atoms with Crippen LogP contribution in [0.5, 0.6) is 0 Å². The summed E-state index contributed by atoms with van der Waals surface area (Å²) in [6.45, 7) is 3.17. The van der Waals surface area contributed by atoms with Crippen LogP contribution < -0.4 is 0 Å². The predicted molar refractivity (Wildman–Crippen MR) is 74.0 cm³/mol. The van der Waals surface area contributed by atoms with Gasteiger partial charge in [-0.1, -0.05) is 42.5 Å². The van der Waals surface area contributed by atoms with Gasteiger partial charge >= 0.3 is 0 Å². The van der Waals surface area contributed by atoms with E-state index in [4.69, 9.17) is 0 Å². The smallest absolute Gasteiger partial charge is 0.0230 e. The standard InChI is InChI=1S/C16H19N/c1-13-9-10-15(11-16(13)12-17(2)3)14-7-5-4-6-8-14/h4-11H,12H2,1-3H3. The van der Waals surface area contributed by atoms with E-state index in [1.807, 2.05) is 0 Å². The summed E-state index contributed by atoms with van der Waals surface area (Å²) in [6.07, 6.45) is 0. The molecule has 0 bridgehead atoms. The monoisotopic (exact) mass is 225 g/mol. The van der Waals surface area contributed by atoms with Gasteiger partial charge in [-0.2, -0.15) is 0 Å². The molecule has 2 aromatic rings. The summed E-state index contributed by atoms with van der Waals surface area (Å²) < 4.78 is 0. The number of aryl methyl sites for hydroxylation is 1.